The zero-order chi connectivity index (χ0) is 23.1. The van der Waals surface area contributed by atoms with Gasteiger partial charge in [-0.1, -0.05) is 41.9 Å². The third kappa shape index (κ3) is 6.38. The van der Waals surface area contributed by atoms with Crippen molar-refractivity contribution in [3.8, 4) is 0 Å². The van der Waals surface area contributed by atoms with Gasteiger partial charge in [0.25, 0.3) is 5.91 Å². The quantitative estimate of drug-likeness (QED) is 0.481. The number of aryl methyl sites for hydroxylation is 1. The number of amides is 2. The summed E-state index contributed by atoms with van der Waals surface area (Å²) < 4.78 is 5.24. The van der Waals surface area contributed by atoms with Gasteiger partial charge in [0, 0.05) is 11.1 Å². The Morgan fingerprint density at radius 2 is 1.84 bits per heavy atom. The molecule has 0 saturated carbocycles. The molecule has 166 valence electrons. The fourth-order valence-corrected chi connectivity index (χ4v) is 3.79. The SMILES string of the molecule is Cc1ccccc1NC(=O)Cc1nc(COC(=O)[C@H](C)NC(=O)c2ccccc2Cl)cs1. The van der Waals surface area contributed by atoms with E-state index in [0.717, 1.165) is 11.3 Å². The predicted octanol–water partition coefficient (Wildman–Crippen LogP) is 4.15. The van der Waals surface area contributed by atoms with Crippen molar-refractivity contribution in [1.29, 1.82) is 0 Å². The summed E-state index contributed by atoms with van der Waals surface area (Å²) in [6, 6.07) is 13.2. The lowest BCUT2D eigenvalue weighted by Crippen LogP contribution is -2.39. The summed E-state index contributed by atoms with van der Waals surface area (Å²) in [6.07, 6.45) is 0.122. The molecule has 0 unspecified atom stereocenters. The van der Waals surface area contributed by atoms with Crippen molar-refractivity contribution in [2.45, 2.75) is 32.9 Å². The van der Waals surface area contributed by atoms with Crippen molar-refractivity contribution in [3.05, 3.63) is 80.8 Å². The lowest BCUT2D eigenvalue weighted by atomic mass is 10.2. The van der Waals surface area contributed by atoms with Crippen molar-refractivity contribution in [1.82, 2.24) is 10.3 Å². The number of ether oxygens (including phenoxy) is 1. The van der Waals surface area contributed by atoms with Crippen molar-refractivity contribution >= 4 is 46.4 Å². The summed E-state index contributed by atoms with van der Waals surface area (Å²) in [4.78, 5) is 41.1. The Kier molecular flexibility index (Phi) is 7.97. The second kappa shape index (κ2) is 10.9. The number of hydrogen-bond donors (Lipinski definition) is 2. The molecule has 0 bridgehead atoms. The number of para-hydroxylation sites is 1. The van der Waals surface area contributed by atoms with Gasteiger partial charge in [-0.25, -0.2) is 9.78 Å². The van der Waals surface area contributed by atoms with Crippen LogP contribution < -0.4 is 10.6 Å². The second-order valence-corrected chi connectivity index (χ2v) is 8.41. The summed E-state index contributed by atoms with van der Waals surface area (Å²) in [6.45, 7) is 3.39. The summed E-state index contributed by atoms with van der Waals surface area (Å²) >= 11 is 7.32. The maximum Gasteiger partial charge on any atom is 0.328 e. The van der Waals surface area contributed by atoms with E-state index in [1.54, 1.807) is 29.6 Å². The lowest BCUT2D eigenvalue weighted by Gasteiger charge is -2.13. The Morgan fingerprint density at radius 1 is 1.12 bits per heavy atom. The molecule has 9 heteroatoms. The highest BCUT2D eigenvalue weighted by atomic mass is 35.5. The number of rotatable bonds is 8. The Morgan fingerprint density at radius 3 is 2.59 bits per heavy atom. The predicted molar refractivity (Wildman–Crippen MR) is 124 cm³/mol. The number of hydrogen-bond acceptors (Lipinski definition) is 6. The van der Waals surface area contributed by atoms with E-state index in [1.165, 1.54) is 18.3 Å². The minimum atomic E-state index is -0.864. The number of thiazole rings is 1. The molecule has 0 aliphatic carbocycles. The van der Waals surface area contributed by atoms with E-state index in [1.807, 2.05) is 31.2 Å². The normalized spacial score (nSPS) is 11.5. The van der Waals surface area contributed by atoms with Gasteiger partial charge in [0.15, 0.2) is 0 Å². The minimum absolute atomic E-state index is 0.0545. The molecule has 1 atom stereocenters. The van der Waals surface area contributed by atoms with Crippen molar-refractivity contribution in [3.63, 3.8) is 0 Å². The zero-order valence-corrected chi connectivity index (χ0v) is 19.1. The van der Waals surface area contributed by atoms with Crippen LogP contribution in [0.1, 0.15) is 33.5 Å². The van der Waals surface area contributed by atoms with E-state index in [2.05, 4.69) is 15.6 Å². The van der Waals surface area contributed by atoms with E-state index in [-0.39, 0.29) is 24.5 Å². The van der Waals surface area contributed by atoms with Crippen molar-refractivity contribution < 1.29 is 19.1 Å². The fraction of sp³-hybridized carbons (Fsp3) is 0.217. The molecule has 0 saturated heterocycles. The fourth-order valence-electron chi connectivity index (χ4n) is 2.79. The van der Waals surface area contributed by atoms with Gasteiger partial charge in [-0.05, 0) is 37.6 Å². The summed E-state index contributed by atoms with van der Waals surface area (Å²) in [5.41, 5.74) is 2.55. The number of aromatic nitrogens is 1. The van der Waals surface area contributed by atoms with Crippen LogP contribution in [0.25, 0.3) is 0 Å². The number of carbonyl (C=O) groups is 3. The number of nitrogens with one attached hydrogen (secondary N) is 2. The van der Waals surface area contributed by atoms with Crippen LogP contribution in [0.15, 0.2) is 53.9 Å². The van der Waals surface area contributed by atoms with Crippen LogP contribution >= 0.6 is 22.9 Å². The van der Waals surface area contributed by atoms with Crippen LogP contribution in [0.2, 0.25) is 5.02 Å². The average molecular weight is 472 g/mol. The number of halogens is 1. The lowest BCUT2D eigenvalue weighted by molar-refractivity contribution is -0.146. The number of anilines is 1. The number of carbonyl (C=O) groups excluding carboxylic acids is 3. The van der Waals surface area contributed by atoms with E-state index >= 15 is 0 Å². The van der Waals surface area contributed by atoms with E-state index < -0.39 is 17.9 Å². The average Bonchev–Trinajstić information content (AvgIpc) is 3.21. The van der Waals surface area contributed by atoms with E-state index in [4.69, 9.17) is 16.3 Å². The first kappa shape index (κ1) is 23.4. The standard InChI is InChI=1S/C23H22ClN3O4S/c1-14-7-3-6-10-19(14)27-20(28)11-21-26-16(13-32-21)12-31-23(30)15(2)25-22(29)17-8-4-5-9-18(17)24/h3-10,13,15H,11-12H2,1-2H3,(H,25,29)(H,27,28)/t15-/m0/s1. The molecule has 3 aromatic rings. The van der Waals surface area contributed by atoms with Gasteiger partial charge in [-0.3, -0.25) is 9.59 Å². The first-order valence-corrected chi connectivity index (χ1v) is 11.1. The van der Waals surface area contributed by atoms with Gasteiger partial charge in [-0.15, -0.1) is 11.3 Å². The van der Waals surface area contributed by atoms with E-state index in [9.17, 15) is 14.4 Å². The molecule has 1 aromatic heterocycles. The number of esters is 1. The highest BCUT2D eigenvalue weighted by Gasteiger charge is 2.20. The van der Waals surface area contributed by atoms with Gasteiger partial charge in [0.05, 0.1) is 22.7 Å². The highest BCUT2D eigenvalue weighted by Crippen LogP contribution is 2.17. The van der Waals surface area contributed by atoms with Gasteiger partial charge in [-0.2, -0.15) is 0 Å². The summed E-state index contributed by atoms with van der Waals surface area (Å²) in [5.74, 6) is -1.24. The molecular formula is C23H22ClN3O4S. The number of benzene rings is 2. The third-order valence-corrected chi connectivity index (χ3v) is 5.74. The molecule has 2 amide bonds. The Labute approximate surface area is 194 Å². The Bertz CT molecular complexity index is 1130. The molecule has 0 fully saturated rings. The van der Waals surface area contributed by atoms with Crippen LogP contribution in [0, 0.1) is 6.92 Å². The third-order valence-electron chi connectivity index (χ3n) is 4.51. The largest absolute Gasteiger partial charge is 0.458 e. The van der Waals surface area contributed by atoms with Crippen LogP contribution in [0.3, 0.4) is 0 Å². The molecule has 0 spiro atoms. The van der Waals surface area contributed by atoms with Crippen molar-refractivity contribution in [2.24, 2.45) is 0 Å². The molecule has 0 radical (unpaired) electrons. The first-order valence-electron chi connectivity index (χ1n) is 9.84. The smallest absolute Gasteiger partial charge is 0.328 e. The second-order valence-electron chi connectivity index (χ2n) is 7.06. The molecule has 1 heterocycles. The van der Waals surface area contributed by atoms with Gasteiger partial charge >= 0.3 is 5.97 Å². The summed E-state index contributed by atoms with van der Waals surface area (Å²) in [5, 5.41) is 8.07. The highest BCUT2D eigenvalue weighted by molar-refractivity contribution is 7.09. The topological polar surface area (TPSA) is 97.4 Å². The first-order chi connectivity index (χ1) is 15.3. The van der Waals surface area contributed by atoms with E-state index in [0.29, 0.717) is 15.7 Å². The molecule has 32 heavy (non-hydrogen) atoms. The molecule has 0 aliphatic rings. The van der Waals surface area contributed by atoms with Crippen molar-refractivity contribution in [2.75, 3.05) is 5.32 Å². The van der Waals surface area contributed by atoms with Gasteiger partial charge < -0.3 is 15.4 Å². The number of nitrogens with zero attached hydrogens (tertiary/aromatic N) is 1. The Hall–Kier alpha value is -3.23. The van der Waals surface area contributed by atoms with Crippen LogP contribution in [0.5, 0.6) is 0 Å². The molecule has 0 aliphatic heterocycles. The maximum atomic E-state index is 12.3. The molecule has 7 nitrogen and oxygen atoms in total. The van der Waals surface area contributed by atoms with Gasteiger partial charge in [0.1, 0.15) is 17.7 Å². The molecular weight excluding hydrogens is 450 g/mol. The van der Waals surface area contributed by atoms with Crippen LogP contribution in [-0.2, 0) is 27.4 Å². The van der Waals surface area contributed by atoms with Crippen LogP contribution in [0.4, 0.5) is 5.69 Å². The maximum absolute atomic E-state index is 12.3. The molecule has 2 N–H and O–H groups in total. The van der Waals surface area contributed by atoms with Gasteiger partial charge in [0.2, 0.25) is 5.91 Å². The summed E-state index contributed by atoms with van der Waals surface area (Å²) in [7, 11) is 0. The Balaban J connectivity index is 1.47. The zero-order valence-electron chi connectivity index (χ0n) is 17.6. The monoisotopic (exact) mass is 471 g/mol. The molecule has 2 aromatic carbocycles. The minimum Gasteiger partial charge on any atom is -0.458 e. The van der Waals surface area contributed by atoms with Crippen LogP contribution in [-0.4, -0.2) is 28.8 Å². The molecule has 3 rings (SSSR count).